The third kappa shape index (κ3) is 8.05. The van der Waals surface area contributed by atoms with Crippen LogP contribution in [0.25, 0.3) is 0 Å². The first-order valence-corrected chi connectivity index (χ1v) is 6.26. The minimum absolute atomic E-state index is 0.284. The van der Waals surface area contributed by atoms with E-state index in [0.717, 1.165) is 12.8 Å². The molecule has 0 heterocycles. The van der Waals surface area contributed by atoms with Crippen LogP contribution >= 0.6 is 0 Å². The van der Waals surface area contributed by atoms with Gasteiger partial charge in [0.1, 0.15) is 0 Å². The molecule has 20 heavy (non-hydrogen) atoms. The van der Waals surface area contributed by atoms with E-state index in [1.807, 2.05) is 0 Å². The van der Waals surface area contributed by atoms with Crippen LogP contribution in [0.2, 0.25) is 0 Å². The summed E-state index contributed by atoms with van der Waals surface area (Å²) in [6, 6.07) is 8.25. The molecule has 0 aliphatic carbocycles. The molecule has 0 spiro atoms. The second kappa shape index (κ2) is 10.8. The molecule has 0 radical (unpaired) electrons. The largest absolute Gasteiger partial charge is 0.462 e. The van der Waals surface area contributed by atoms with E-state index in [0.29, 0.717) is 17.7 Å². The molecule has 1 N–H and O–H groups in total. The standard InChI is InChI=1S/C8H14O2.C7H6O3/c1-4-5-6-10-8(9)7(2)3;8-7(10-9)6-4-2-1-3-5-6/h2,4-6H2,1,3H3;1-5,9H. The van der Waals surface area contributed by atoms with E-state index in [1.54, 1.807) is 37.3 Å². The summed E-state index contributed by atoms with van der Waals surface area (Å²) in [7, 11) is 0. The van der Waals surface area contributed by atoms with Crippen LogP contribution in [0.1, 0.15) is 37.0 Å². The first kappa shape index (κ1) is 17.9. The maximum atomic E-state index is 10.7. The molecule has 5 heteroatoms. The monoisotopic (exact) mass is 280 g/mol. The highest BCUT2D eigenvalue weighted by Gasteiger charge is 2.03. The lowest BCUT2D eigenvalue weighted by atomic mass is 10.2. The van der Waals surface area contributed by atoms with Gasteiger partial charge >= 0.3 is 11.9 Å². The number of benzene rings is 1. The van der Waals surface area contributed by atoms with Gasteiger partial charge < -0.3 is 4.74 Å². The Labute approximate surface area is 118 Å². The van der Waals surface area contributed by atoms with Crippen molar-refractivity contribution >= 4 is 11.9 Å². The summed E-state index contributed by atoms with van der Waals surface area (Å²) in [5, 5.41) is 7.94. The summed E-state index contributed by atoms with van der Waals surface area (Å²) in [5.41, 5.74) is 0.807. The molecule has 0 aliphatic heterocycles. The minimum atomic E-state index is -0.736. The van der Waals surface area contributed by atoms with E-state index in [4.69, 9.17) is 9.99 Å². The van der Waals surface area contributed by atoms with Crippen LogP contribution < -0.4 is 0 Å². The molecule has 0 saturated heterocycles. The molecule has 0 amide bonds. The topological polar surface area (TPSA) is 72.8 Å². The number of esters is 1. The number of carbonyl (C=O) groups is 2. The first-order chi connectivity index (χ1) is 9.52. The van der Waals surface area contributed by atoms with Gasteiger partial charge in [-0.15, -0.1) is 0 Å². The van der Waals surface area contributed by atoms with Gasteiger partial charge in [-0.3, -0.25) is 4.89 Å². The van der Waals surface area contributed by atoms with Crippen molar-refractivity contribution in [3.05, 3.63) is 48.0 Å². The summed E-state index contributed by atoms with van der Waals surface area (Å²) < 4.78 is 4.81. The second-order valence-corrected chi connectivity index (χ2v) is 4.01. The van der Waals surface area contributed by atoms with Gasteiger partial charge in [-0.25, -0.2) is 9.59 Å². The Morgan fingerprint density at radius 3 is 2.30 bits per heavy atom. The van der Waals surface area contributed by atoms with Crippen molar-refractivity contribution in [3.63, 3.8) is 0 Å². The molecule has 110 valence electrons. The van der Waals surface area contributed by atoms with Crippen LogP contribution in [0.15, 0.2) is 42.5 Å². The average Bonchev–Trinajstić information content (AvgIpc) is 2.48. The van der Waals surface area contributed by atoms with Crippen molar-refractivity contribution in [1.29, 1.82) is 0 Å². The zero-order chi connectivity index (χ0) is 15.4. The minimum Gasteiger partial charge on any atom is -0.462 e. The highest BCUT2D eigenvalue weighted by atomic mass is 17.1. The van der Waals surface area contributed by atoms with E-state index in [9.17, 15) is 9.59 Å². The predicted molar refractivity (Wildman–Crippen MR) is 75.2 cm³/mol. The summed E-state index contributed by atoms with van der Waals surface area (Å²) >= 11 is 0. The molecule has 1 aromatic rings. The summed E-state index contributed by atoms with van der Waals surface area (Å²) in [6.07, 6.45) is 1.97. The SMILES string of the molecule is C=C(C)C(=O)OCCCC.O=C(OO)c1ccccc1. The summed E-state index contributed by atoms with van der Waals surface area (Å²) in [6.45, 7) is 7.67. The van der Waals surface area contributed by atoms with Crippen LogP contribution in [0.5, 0.6) is 0 Å². The van der Waals surface area contributed by atoms with E-state index in [-0.39, 0.29) is 5.97 Å². The fourth-order valence-electron chi connectivity index (χ4n) is 1.06. The van der Waals surface area contributed by atoms with Gasteiger partial charge in [0.05, 0.1) is 12.2 Å². The Kier molecular flexibility index (Phi) is 9.60. The van der Waals surface area contributed by atoms with Crippen LogP contribution in [0.3, 0.4) is 0 Å². The lowest BCUT2D eigenvalue weighted by Gasteiger charge is -2.01. The Morgan fingerprint density at radius 2 is 1.85 bits per heavy atom. The summed E-state index contributed by atoms with van der Waals surface area (Å²) in [4.78, 5) is 24.7. The molecule has 0 bridgehead atoms. The van der Waals surface area contributed by atoms with Gasteiger partial charge in [-0.05, 0) is 25.5 Å². The van der Waals surface area contributed by atoms with Crippen molar-refractivity contribution in [1.82, 2.24) is 0 Å². The number of hydrogen-bond acceptors (Lipinski definition) is 5. The third-order valence-corrected chi connectivity index (χ3v) is 2.17. The van der Waals surface area contributed by atoms with E-state index in [1.165, 1.54) is 0 Å². The molecule has 0 unspecified atom stereocenters. The molecule has 0 aromatic heterocycles. The number of hydrogen-bond donors (Lipinski definition) is 1. The predicted octanol–water partition coefficient (Wildman–Crippen LogP) is 3.22. The molecule has 0 fully saturated rings. The quantitative estimate of drug-likeness (QED) is 0.295. The van der Waals surface area contributed by atoms with Gasteiger partial charge in [0.2, 0.25) is 0 Å². The number of carbonyl (C=O) groups excluding carboxylic acids is 2. The van der Waals surface area contributed by atoms with Crippen molar-refractivity contribution in [2.75, 3.05) is 6.61 Å². The van der Waals surface area contributed by atoms with Crippen molar-refractivity contribution < 1.29 is 24.5 Å². The number of ether oxygens (including phenoxy) is 1. The molecular weight excluding hydrogens is 260 g/mol. The maximum absolute atomic E-state index is 10.7. The summed E-state index contributed by atoms with van der Waals surface area (Å²) in [5.74, 6) is -1.02. The molecule has 5 nitrogen and oxygen atoms in total. The number of rotatable bonds is 5. The smallest absolute Gasteiger partial charge is 0.372 e. The first-order valence-electron chi connectivity index (χ1n) is 6.26. The van der Waals surface area contributed by atoms with Crippen LogP contribution in [0.4, 0.5) is 0 Å². The van der Waals surface area contributed by atoms with Gasteiger partial charge in [0, 0.05) is 5.57 Å². The lowest BCUT2D eigenvalue weighted by Crippen LogP contribution is -2.05. The van der Waals surface area contributed by atoms with Gasteiger partial charge in [-0.2, -0.15) is 5.26 Å². The highest BCUT2D eigenvalue weighted by molar-refractivity contribution is 5.88. The van der Waals surface area contributed by atoms with E-state index >= 15 is 0 Å². The van der Waals surface area contributed by atoms with Crippen LogP contribution in [-0.2, 0) is 14.4 Å². The van der Waals surface area contributed by atoms with Crippen molar-refractivity contribution in [2.45, 2.75) is 26.7 Å². The number of unbranched alkanes of at least 4 members (excludes halogenated alkanes) is 1. The van der Waals surface area contributed by atoms with Crippen LogP contribution in [0, 0.1) is 0 Å². The van der Waals surface area contributed by atoms with Crippen LogP contribution in [-0.4, -0.2) is 23.8 Å². The Hall–Kier alpha value is -2.14. The third-order valence-electron chi connectivity index (χ3n) is 2.17. The molecule has 0 atom stereocenters. The Morgan fingerprint density at radius 1 is 1.25 bits per heavy atom. The maximum Gasteiger partial charge on any atom is 0.372 e. The fourth-order valence-corrected chi connectivity index (χ4v) is 1.06. The highest BCUT2D eigenvalue weighted by Crippen LogP contribution is 1.98. The molecule has 1 aromatic carbocycles. The second-order valence-electron chi connectivity index (χ2n) is 4.01. The average molecular weight is 280 g/mol. The molecular formula is C15H20O5. The van der Waals surface area contributed by atoms with Crippen molar-refractivity contribution in [2.24, 2.45) is 0 Å². The van der Waals surface area contributed by atoms with Gasteiger partial charge in [-0.1, -0.05) is 38.1 Å². The molecule has 0 saturated carbocycles. The molecule has 1 rings (SSSR count). The Balaban J connectivity index is 0.000000361. The zero-order valence-electron chi connectivity index (χ0n) is 11.8. The van der Waals surface area contributed by atoms with E-state index in [2.05, 4.69) is 18.4 Å². The zero-order valence-corrected chi connectivity index (χ0v) is 11.8. The van der Waals surface area contributed by atoms with Gasteiger partial charge in [0.25, 0.3) is 0 Å². The normalized spacial score (nSPS) is 8.95. The Bertz CT molecular complexity index is 425. The van der Waals surface area contributed by atoms with E-state index < -0.39 is 5.97 Å². The van der Waals surface area contributed by atoms with Crippen molar-refractivity contribution in [3.8, 4) is 0 Å². The van der Waals surface area contributed by atoms with Gasteiger partial charge in [0.15, 0.2) is 0 Å². The fraction of sp³-hybridized carbons (Fsp3) is 0.333. The molecule has 0 aliphatic rings. The lowest BCUT2D eigenvalue weighted by molar-refractivity contribution is -0.182.